The minimum absolute atomic E-state index is 0.601. The van der Waals surface area contributed by atoms with Gasteiger partial charge in [-0.1, -0.05) is 109 Å². The summed E-state index contributed by atoms with van der Waals surface area (Å²) in [6, 6.07) is 53.9. The van der Waals surface area contributed by atoms with Crippen LogP contribution in [0.4, 0.5) is 0 Å². The Hall–Kier alpha value is -7.05. The molecule has 0 atom stereocenters. The van der Waals surface area contributed by atoms with Crippen LogP contribution >= 0.6 is 0 Å². The van der Waals surface area contributed by atoms with Crippen molar-refractivity contribution >= 4 is 65.7 Å². The Morgan fingerprint density at radius 2 is 0.882 bits per heavy atom. The molecule has 0 amide bonds. The van der Waals surface area contributed by atoms with Gasteiger partial charge in [-0.25, -0.2) is 15.0 Å². The maximum absolute atomic E-state index is 6.71. The maximum Gasteiger partial charge on any atom is 0.164 e. The van der Waals surface area contributed by atoms with Crippen LogP contribution in [0.25, 0.3) is 106 Å². The highest BCUT2D eigenvalue weighted by atomic mass is 16.3. The number of fused-ring (bicyclic) bond motifs is 9. The zero-order valence-electron chi connectivity index (χ0n) is 27.1. The van der Waals surface area contributed by atoms with Crippen LogP contribution in [-0.2, 0) is 0 Å². The topological polar surface area (TPSA) is 69.9 Å². The molecular weight excluding hydrogens is 629 g/mol. The number of rotatable bonds is 4. The van der Waals surface area contributed by atoms with Crippen molar-refractivity contribution in [2.45, 2.75) is 0 Å². The first-order chi connectivity index (χ1) is 25.3. The Bertz CT molecular complexity index is 3030. The molecule has 0 aliphatic carbocycles. The summed E-state index contributed by atoms with van der Waals surface area (Å²) in [5, 5.41) is 6.50. The molecule has 0 saturated carbocycles. The van der Waals surface area contributed by atoms with Crippen molar-refractivity contribution in [1.29, 1.82) is 0 Å². The van der Waals surface area contributed by atoms with E-state index in [1.54, 1.807) is 0 Å². The van der Waals surface area contributed by atoms with E-state index in [1.165, 1.54) is 10.8 Å². The second kappa shape index (κ2) is 10.7. The Labute approximate surface area is 290 Å². The Balaban J connectivity index is 1.11. The van der Waals surface area contributed by atoms with Gasteiger partial charge in [-0.15, -0.1) is 0 Å². The molecule has 6 heteroatoms. The van der Waals surface area contributed by atoms with Crippen molar-refractivity contribution in [3.05, 3.63) is 158 Å². The molecule has 11 rings (SSSR count). The molecule has 4 aromatic heterocycles. The predicted molar refractivity (Wildman–Crippen MR) is 205 cm³/mol. The summed E-state index contributed by atoms with van der Waals surface area (Å²) in [4.78, 5) is 14.8. The number of benzene rings is 7. The summed E-state index contributed by atoms with van der Waals surface area (Å²) in [6.07, 6.45) is 0. The zero-order chi connectivity index (χ0) is 33.5. The summed E-state index contributed by atoms with van der Waals surface area (Å²) in [6.45, 7) is 0. The standard InChI is InChI=1S/C45H26N4O2/c1-3-12-27(13-4-1)43-46-44(28-14-5-2-6-15-28)48-45(47-43)29-22-23-39-33(24-29)35-25-34-32-18-11-21-38(42(32)51-41(34)26-40(35)50-39)49-36-19-9-7-16-30(36)31-17-8-10-20-37(31)49/h1-26H. The normalized spacial score (nSPS) is 11.9. The van der Waals surface area contributed by atoms with Crippen LogP contribution in [0.5, 0.6) is 0 Å². The van der Waals surface area contributed by atoms with Gasteiger partial charge < -0.3 is 13.4 Å². The molecule has 0 aliphatic rings. The molecular formula is C45H26N4O2. The lowest BCUT2D eigenvalue weighted by molar-refractivity contribution is 0.655. The Kier molecular flexibility index (Phi) is 5.86. The molecule has 0 N–H and O–H groups in total. The van der Waals surface area contributed by atoms with Gasteiger partial charge in [0.05, 0.1) is 16.7 Å². The molecule has 0 aliphatic heterocycles. The molecule has 0 radical (unpaired) electrons. The first-order valence-corrected chi connectivity index (χ1v) is 16.9. The van der Waals surface area contributed by atoms with Crippen molar-refractivity contribution < 1.29 is 8.83 Å². The number of aromatic nitrogens is 4. The molecule has 0 fully saturated rings. The Morgan fingerprint density at radius 1 is 0.353 bits per heavy atom. The fraction of sp³-hybridized carbons (Fsp3) is 0. The summed E-state index contributed by atoms with van der Waals surface area (Å²) < 4.78 is 15.4. The minimum Gasteiger partial charge on any atom is -0.456 e. The average molecular weight is 655 g/mol. The second-order valence-corrected chi connectivity index (χ2v) is 12.8. The predicted octanol–water partition coefficient (Wildman–Crippen LogP) is 11.8. The first-order valence-electron chi connectivity index (χ1n) is 16.9. The molecule has 0 unspecified atom stereocenters. The average Bonchev–Trinajstić information content (AvgIpc) is 3.86. The number of para-hydroxylation sites is 3. The van der Waals surface area contributed by atoms with E-state index in [9.17, 15) is 0 Å². The molecule has 238 valence electrons. The van der Waals surface area contributed by atoms with E-state index in [1.807, 2.05) is 78.9 Å². The number of furan rings is 2. The molecule has 7 aromatic carbocycles. The molecule has 0 spiro atoms. The fourth-order valence-electron chi connectivity index (χ4n) is 7.49. The quantitative estimate of drug-likeness (QED) is 0.189. The molecule has 4 heterocycles. The van der Waals surface area contributed by atoms with Crippen molar-refractivity contribution in [3.8, 4) is 39.9 Å². The van der Waals surface area contributed by atoms with E-state index >= 15 is 0 Å². The van der Waals surface area contributed by atoms with E-state index in [-0.39, 0.29) is 0 Å². The highest BCUT2D eigenvalue weighted by molar-refractivity contribution is 6.17. The van der Waals surface area contributed by atoms with E-state index in [0.717, 1.165) is 77.3 Å². The zero-order valence-corrected chi connectivity index (χ0v) is 27.1. The lowest BCUT2D eigenvalue weighted by Gasteiger charge is -2.08. The van der Waals surface area contributed by atoms with E-state index < -0.39 is 0 Å². The second-order valence-electron chi connectivity index (χ2n) is 12.8. The third-order valence-electron chi connectivity index (χ3n) is 9.85. The van der Waals surface area contributed by atoms with Crippen molar-refractivity contribution in [3.63, 3.8) is 0 Å². The number of hydrogen-bond acceptors (Lipinski definition) is 5. The maximum atomic E-state index is 6.71. The molecule has 11 aromatic rings. The number of hydrogen-bond donors (Lipinski definition) is 0. The van der Waals surface area contributed by atoms with Crippen LogP contribution in [0.1, 0.15) is 0 Å². The summed E-state index contributed by atoms with van der Waals surface area (Å²) >= 11 is 0. The minimum atomic E-state index is 0.601. The summed E-state index contributed by atoms with van der Waals surface area (Å²) in [5.41, 5.74) is 9.20. The number of nitrogens with zero attached hydrogens (tertiary/aromatic N) is 4. The van der Waals surface area contributed by atoms with Crippen LogP contribution < -0.4 is 0 Å². The van der Waals surface area contributed by atoms with E-state index in [2.05, 4.69) is 83.4 Å². The van der Waals surface area contributed by atoms with Crippen molar-refractivity contribution in [2.24, 2.45) is 0 Å². The monoisotopic (exact) mass is 654 g/mol. The van der Waals surface area contributed by atoms with Gasteiger partial charge >= 0.3 is 0 Å². The van der Waals surface area contributed by atoms with Crippen molar-refractivity contribution in [2.75, 3.05) is 0 Å². The lowest BCUT2D eigenvalue weighted by atomic mass is 10.1. The first kappa shape index (κ1) is 27.9. The van der Waals surface area contributed by atoms with E-state index in [0.29, 0.717) is 17.5 Å². The molecule has 0 bridgehead atoms. The third-order valence-corrected chi connectivity index (χ3v) is 9.85. The lowest BCUT2D eigenvalue weighted by Crippen LogP contribution is -2.00. The molecule has 51 heavy (non-hydrogen) atoms. The Morgan fingerprint density at radius 3 is 1.55 bits per heavy atom. The van der Waals surface area contributed by atoms with Gasteiger partial charge in [0.1, 0.15) is 16.7 Å². The summed E-state index contributed by atoms with van der Waals surface area (Å²) in [5.74, 6) is 1.86. The smallest absolute Gasteiger partial charge is 0.164 e. The van der Waals surface area contributed by atoms with Gasteiger partial charge in [0.2, 0.25) is 0 Å². The highest BCUT2D eigenvalue weighted by Crippen LogP contribution is 2.41. The SMILES string of the molecule is c1ccc(-c2nc(-c3ccccc3)nc(-c3ccc4oc5cc6oc7c(-n8c9ccccc9c9ccccc98)cccc7c6cc5c4c3)n2)cc1. The highest BCUT2D eigenvalue weighted by Gasteiger charge is 2.20. The van der Waals surface area contributed by atoms with Gasteiger partial charge in [0.25, 0.3) is 0 Å². The van der Waals surface area contributed by atoms with Gasteiger partial charge in [0, 0.05) is 55.1 Å². The molecule has 0 saturated heterocycles. The van der Waals surface area contributed by atoms with E-state index in [4.69, 9.17) is 23.8 Å². The van der Waals surface area contributed by atoms with Gasteiger partial charge in [-0.05, 0) is 42.5 Å². The molecule has 6 nitrogen and oxygen atoms in total. The largest absolute Gasteiger partial charge is 0.456 e. The summed E-state index contributed by atoms with van der Waals surface area (Å²) in [7, 11) is 0. The van der Waals surface area contributed by atoms with Crippen LogP contribution in [0.3, 0.4) is 0 Å². The van der Waals surface area contributed by atoms with Crippen molar-refractivity contribution in [1.82, 2.24) is 19.5 Å². The van der Waals surface area contributed by atoms with Crippen LogP contribution in [-0.4, -0.2) is 19.5 Å². The van der Waals surface area contributed by atoms with Gasteiger partial charge in [0.15, 0.2) is 23.1 Å². The van der Waals surface area contributed by atoms with Gasteiger partial charge in [-0.3, -0.25) is 0 Å². The van der Waals surface area contributed by atoms with Crippen LogP contribution in [0, 0.1) is 0 Å². The van der Waals surface area contributed by atoms with Crippen LogP contribution in [0.15, 0.2) is 167 Å². The van der Waals surface area contributed by atoms with Crippen LogP contribution in [0.2, 0.25) is 0 Å². The third kappa shape index (κ3) is 4.26. The fourth-order valence-corrected chi connectivity index (χ4v) is 7.49. The van der Waals surface area contributed by atoms with Gasteiger partial charge in [-0.2, -0.15) is 0 Å².